The molecule has 148 valence electrons. The molecule has 1 aliphatic carbocycles. The van der Waals surface area contributed by atoms with Crippen molar-refractivity contribution in [2.45, 2.75) is 31.7 Å². The number of halogens is 1. The van der Waals surface area contributed by atoms with E-state index in [1.807, 2.05) is 4.90 Å². The third-order valence-electron chi connectivity index (χ3n) is 5.40. The van der Waals surface area contributed by atoms with Crippen LogP contribution in [0.15, 0.2) is 24.3 Å². The number of nitrogens with two attached hydrogens (primary N) is 1. The quantitative estimate of drug-likeness (QED) is 0.616. The Kier molecular flexibility index (Phi) is 7.15. The number of amides is 2. The van der Waals surface area contributed by atoms with E-state index in [-0.39, 0.29) is 41.9 Å². The van der Waals surface area contributed by atoms with Crippen LogP contribution in [0.5, 0.6) is 0 Å². The van der Waals surface area contributed by atoms with Crippen LogP contribution in [0.4, 0.5) is 5.69 Å². The Balaban J connectivity index is 0.00000261. The van der Waals surface area contributed by atoms with Crippen LogP contribution in [0.2, 0.25) is 0 Å². The fourth-order valence-electron chi connectivity index (χ4n) is 3.74. The molecule has 0 bridgehead atoms. The van der Waals surface area contributed by atoms with Crippen LogP contribution in [0.1, 0.15) is 36.0 Å². The molecule has 2 amide bonds. The van der Waals surface area contributed by atoms with E-state index in [0.717, 1.165) is 19.3 Å². The number of nitrogens with zero attached hydrogens (tertiary/aromatic N) is 3. The van der Waals surface area contributed by atoms with Crippen LogP contribution < -0.4 is 5.73 Å². The lowest BCUT2D eigenvalue weighted by atomic mass is 9.99. The molecule has 8 nitrogen and oxygen atoms in total. The molecule has 1 saturated carbocycles. The first-order chi connectivity index (χ1) is 12.5. The van der Waals surface area contributed by atoms with E-state index in [0.29, 0.717) is 38.2 Å². The van der Waals surface area contributed by atoms with Crippen LogP contribution in [0.25, 0.3) is 0 Å². The number of carbonyl (C=O) groups is 2. The van der Waals surface area contributed by atoms with Gasteiger partial charge in [0.25, 0.3) is 11.6 Å². The fraction of sp³-hybridized carbons (Fsp3) is 0.556. The Bertz CT molecular complexity index is 689. The number of hydrogen-bond acceptors (Lipinski definition) is 5. The van der Waals surface area contributed by atoms with E-state index in [1.54, 1.807) is 4.90 Å². The van der Waals surface area contributed by atoms with Crippen molar-refractivity contribution >= 4 is 29.9 Å². The minimum absolute atomic E-state index is 0. The number of non-ortho nitro benzene ring substituents is 1. The second kappa shape index (κ2) is 9.14. The Morgan fingerprint density at radius 2 is 1.67 bits per heavy atom. The summed E-state index contributed by atoms with van der Waals surface area (Å²) in [7, 11) is 0. The average molecular weight is 397 g/mol. The van der Waals surface area contributed by atoms with Gasteiger partial charge in [0.1, 0.15) is 0 Å². The van der Waals surface area contributed by atoms with Gasteiger partial charge in [-0.2, -0.15) is 0 Å². The molecule has 2 N–H and O–H groups in total. The zero-order chi connectivity index (χ0) is 18.7. The first-order valence-corrected chi connectivity index (χ1v) is 9.03. The minimum atomic E-state index is -0.491. The number of hydrogen-bond donors (Lipinski definition) is 1. The maximum absolute atomic E-state index is 12.5. The summed E-state index contributed by atoms with van der Waals surface area (Å²) in [4.78, 5) is 38.7. The van der Waals surface area contributed by atoms with Gasteiger partial charge in [0.05, 0.1) is 4.92 Å². The minimum Gasteiger partial charge on any atom is -0.339 e. The number of carbonyl (C=O) groups excluding carboxylic acids is 2. The average Bonchev–Trinajstić information content (AvgIpc) is 3.06. The Morgan fingerprint density at radius 1 is 1.07 bits per heavy atom. The maximum atomic E-state index is 12.5. The molecule has 1 aliphatic heterocycles. The van der Waals surface area contributed by atoms with Crippen molar-refractivity contribution in [3.63, 3.8) is 0 Å². The summed E-state index contributed by atoms with van der Waals surface area (Å²) in [6.45, 7) is 1.97. The summed E-state index contributed by atoms with van der Waals surface area (Å²) in [6.07, 6.45) is 3.61. The number of nitro benzene ring substituents is 1. The van der Waals surface area contributed by atoms with E-state index >= 15 is 0 Å². The van der Waals surface area contributed by atoms with Crippen LogP contribution >= 0.6 is 12.4 Å². The van der Waals surface area contributed by atoms with Gasteiger partial charge in [-0.15, -0.1) is 12.4 Å². The van der Waals surface area contributed by atoms with Crippen molar-refractivity contribution < 1.29 is 14.5 Å². The number of nitro groups is 1. The number of benzene rings is 1. The van der Waals surface area contributed by atoms with E-state index in [9.17, 15) is 19.7 Å². The van der Waals surface area contributed by atoms with E-state index in [1.165, 1.54) is 24.3 Å². The van der Waals surface area contributed by atoms with Crippen LogP contribution in [0, 0.1) is 16.0 Å². The van der Waals surface area contributed by atoms with Gasteiger partial charge in [0.15, 0.2) is 0 Å². The summed E-state index contributed by atoms with van der Waals surface area (Å²) < 4.78 is 0. The third-order valence-corrected chi connectivity index (χ3v) is 5.40. The molecule has 1 saturated heterocycles. The molecule has 0 aromatic heterocycles. The predicted molar refractivity (Wildman–Crippen MR) is 103 cm³/mol. The van der Waals surface area contributed by atoms with Crippen molar-refractivity contribution in [1.82, 2.24) is 9.80 Å². The monoisotopic (exact) mass is 396 g/mol. The summed E-state index contributed by atoms with van der Waals surface area (Å²) in [6, 6.07) is 5.73. The number of rotatable bonds is 4. The highest BCUT2D eigenvalue weighted by atomic mass is 35.5. The van der Waals surface area contributed by atoms with Crippen molar-refractivity contribution in [3.8, 4) is 0 Å². The molecule has 1 aromatic carbocycles. The van der Waals surface area contributed by atoms with Gasteiger partial charge in [-0.05, 0) is 30.9 Å². The third kappa shape index (κ3) is 4.95. The van der Waals surface area contributed by atoms with Crippen molar-refractivity contribution in [2.24, 2.45) is 11.7 Å². The smallest absolute Gasteiger partial charge is 0.269 e. The highest BCUT2D eigenvalue weighted by Crippen LogP contribution is 2.27. The van der Waals surface area contributed by atoms with Gasteiger partial charge in [-0.1, -0.05) is 6.42 Å². The first kappa shape index (κ1) is 21.1. The summed E-state index contributed by atoms with van der Waals surface area (Å²) >= 11 is 0. The molecule has 2 fully saturated rings. The lowest BCUT2D eigenvalue weighted by Crippen LogP contribution is -2.51. The van der Waals surface area contributed by atoms with E-state index in [2.05, 4.69) is 0 Å². The van der Waals surface area contributed by atoms with Gasteiger partial charge >= 0.3 is 0 Å². The molecule has 2 atom stereocenters. The lowest BCUT2D eigenvalue weighted by molar-refractivity contribution is -0.384. The molecular weight excluding hydrogens is 372 g/mol. The highest BCUT2D eigenvalue weighted by molar-refractivity contribution is 5.94. The van der Waals surface area contributed by atoms with Crippen molar-refractivity contribution in [1.29, 1.82) is 0 Å². The Labute approximate surface area is 164 Å². The Hall–Kier alpha value is -2.19. The van der Waals surface area contributed by atoms with Crippen LogP contribution in [-0.2, 0) is 4.79 Å². The van der Waals surface area contributed by atoms with Crippen LogP contribution in [-0.4, -0.2) is 58.8 Å². The van der Waals surface area contributed by atoms with E-state index in [4.69, 9.17) is 5.73 Å². The normalized spacial score (nSPS) is 22.3. The topological polar surface area (TPSA) is 110 Å². The largest absolute Gasteiger partial charge is 0.339 e. The lowest BCUT2D eigenvalue weighted by Gasteiger charge is -2.35. The Morgan fingerprint density at radius 3 is 2.19 bits per heavy atom. The summed E-state index contributed by atoms with van der Waals surface area (Å²) in [5, 5.41) is 10.7. The maximum Gasteiger partial charge on any atom is 0.269 e. The van der Waals surface area contributed by atoms with Gasteiger partial charge in [-0.25, -0.2) is 0 Å². The molecule has 2 aliphatic rings. The SMILES string of the molecule is Cl.N[C@@H]1CCC[C@H]1CC(=O)N1CCN(C(=O)c2ccc([N+](=O)[O-])cc2)CC1. The zero-order valence-corrected chi connectivity index (χ0v) is 15.9. The van der Waals surface area contributed by atoms with Gasteiger partial charge in [-0.3, -0.25) is 19.7 Å². The highest BCUT2D eigenvalue weighted by Gasteiger charge is 2.30. The fourth-order valence-corrected chi connectivity index (χ4v) is 3.74. The van der Waals surface area contributed by atoms with Crippen molar-refractivity contribution in [3.05, 3.63) is 39.9 Å². The molecule has 0 radical (unpaired) electrons. The molecule has 0 spiro atoms. The number of piperazine rings is 1. The molecular formula is C18H25ClN4O4. The van der Waals surface area contributed by atoms with Crippen LogP contribution in [0.3, 0.4) is 0 Å². The van der Waals surface area contributed by atoms with E-state index < -0.39 is 4.92 Å². The molecule has 1 aromatic rings. The molecule has 27 heavy (non-hydrogen) atoms. The second-order valence-corrected chi connectivity index (χ2v) is 7.04. The molecule has 0 unspecified atom stereocenters. The molecule has 3 rings (SSSR count). The summed E-state index contributed by atoms with van der Waals surface area (Å²) in [5.41, 5.74) is 6.43. The molecule has 9 heteroatoms. The first-order valence-electron chi connectivity index (χ1n) is 9.03. The predicted octanol–water partition coefficient (Wildman–Crippen LogP) is 1.82. The zero-order valence-electron chi connectivity index (χ0n) is 15.1. The van der Waals surface area contributed by atoms with Crippen molar-refractivity contribution in [2.75, 3.05) is 26.2 Å². The van der Waals surface area contributed by atoms with Gasteiger partial charge < -0.3 is 15.5 Å². The van der Waals surface area contributed by atoms with Gasteiger partial charge in [0, 0.05) is 56.3 Å². The van der Waals surface area contributed by atoms with Gasteiger partial charge in [0.2, 0.25) is 5.91 Å². The summed E-state index contributed by atoms with van der Waals surface area (Å²) in [5.74, 6) is 0.238. The standard InChI is InChI=1S/C18H24N4O4.ClH/c19-16-3-1-2-14(16)12-17(23)20-8-10-21(11-9-20)18(24)13-4-6-15(7-5-13)22(25)26;/h4-7,14,16H,1-3,8-12,19H2;1H/t14-,16+;/m0./s1. The molecule has 1 heterocycles. The second-order valence-electron chi connectivity index (χ2n) is 7.04.